The molecule has 0 aliphatic heterocycles. The van der Waals surface area contributed by atoms with Gasteiger partial charge >= 0.3 is 0 Å². The monoisotopic (exact) mass is 243 g/mol. The molecule has 0 saturated heterocycles. The average Bonchev–Trinajstić information content (AvgIpc) is 2.75. The zero-order chi connectivity index (χ0) is 11.8. The van der Waals surface area contributed by atoms with Crippen molar-refractivity contribution in [1.82, 2.24) is 15.2 Å². The summed E-state index contributed by atoms with van der Waals surface area (Å²) in [5, 5.41) is 6.52. The number of nitrogens with zero attached hydrogens (tertiary/aromatic N) is 2. The van der Waals surface area contributed by atoms with Crippen molar-refractivity contribution >= 4 is 11.3 Å². The molecule has 0 aliphatic rings. The molecule has 1 rings (SSSR count). The summed E-state index contributed by atoms with van der Waals surface area (Å²) in [6.07, 6.45) is 1.84. The van der Waals surface area contributed by atoms with Crippen LogP contribution in [0.25, 0.3) is 0 Å². The highest BCUT2D eigenvalue weighted by atomic mass is 32.1. The van der Waals surface area contributed by atoms with Gasteiger partial charge in [-0.1, -0.05) is 0 Å². The third-order valence-corrected chi connectivity index (χ3v) is 3.16. The molecular weight excluding hydrogens is 222 g/mol. The highest BCUT2D eigenvalue weighted by molar-refractivity contribution is 7.09. The molecule has 0 saturated carbocycles. The van der Waals surface area contributed by atoms with E-state index >= 15 is 0 Å². The molecule has 0 amide bonds. The summed E-state index contributed by atoms with van der Waals surface area (Å²) in [5.74, 6) is 0. The quantitative estimate of drug-likeness (QED) is 0.700. The number of thiazole rings is 1. The largest absolute Gasteiger partial charge is 0.379 e. The van der Waals surface area contributed by atoms with Crippen molar-refractivity contribution in [3.8, 4) is 0 Å². The molecule has 1 N–H and O–H groups in total. The van der Waals surface area contributed by atoms with Crippen LogP contribution >= 0.6 is 11.3 Å². The van der Waals surface area contributed by atoms with Crippen LogP contribution in [0.1, 0.15) is 18.0 Å². The van der Waals surface area contributed by atoms with E-state index in [1.54, 1.807) is 11.3 Å². The van der Waals surface area contributed by atoms with Crippen LogP contribution in [-0.4, -0.2) is 50.3 Å². The number of ether oxygens (including phenoxy) is 1. The number of rotatable bonds is 8. The highest BCUT2D eigenvalue weighted by Gasteiger charge is 2.05. The lowest BCUT2D eigenvalue weighted by Gasteiger charge is -2.12. The van der Waals surface area contributed by atoms with Gasteiger partial charge in [0.05, 0.1) is 19.3 Å². The first kappa shape index (κ1) is 13.6. The number of hydrogen-bond acceptors (Lipinski definition) is 5. The molecule has 4 nitrogen and oxygen atoms in total. The summed E-state index contributed by atoms with van der Waals surface area (Å²) < 4.78 is 5.49. The van der Waals surface area contributed by atoms with Gasteiger partial charge in [-0.05, 0) is 21.0 Å². The van der Waals surface area contributed by atoms with E-state index in [-0.39, 0.29) is 0 Å². The number of aromatic nitrogens is 1. The Balaban J connectivity index is 1.99. The third-order valence-electron chi connectivity index (χ3n) is 2.20. The molecule has 0 bridgehead atoms. The Bertz CT molecular complexity index is 264. The summed E-state index contributed by atoms with van der Waals surface area (Å²) in [6, 6.07) is 0.317. The Morgan fingerprint density at radius 1 is 1.50 bits per heavy atom. The lowest BCUT2D eigenvalue weighted by molar-refractivity contribution is 0.118. The van der Waals surface area contributed by atoms with Crippen molar-refractivity contribution < 1.29 is 4.74 Å². The van der Waals surface area contributed by atoms with Crippen molar-refractivity contribution in [3.05, 3.63) is 16.6 Å². The van der Waals surface area contributed by atoms with E-state index in [4.69, 9.17) is 4.74 Å². The second-order valence-corrected chi connectivity index (χ2v) is 4.89. The topological polar surface area (TPSA) is 37.4 Å². The van der Waals surface area contributed by atoms with Crippen molar-refractivity contribution in [2.75, 3.05) is 40.4 Å². The molecular formula is C11H21N3OS. The van der Waals surface area contributed by atoms with Crippen LogP contribution in [0.3, 0.4) is 0 Å². The van der Waals surface area contributed by atoms with Gasteiger partial charge in [-0.25, -0.2) is 4.98 Å². The fraction of sp³-hybridized carbons (Fsp3) is 0.727. The van der Waals surface area contributed by atoms with Gasteiger partial charge in [-0.15, -0.1) is 11.3 Å². The van der Waals surface area contributed by atoms with E-state index < -0.39 is 0 Å². The normalized spacial score (nSPS) is 13.2. The van der Waals surface area contributed by atoms with Gasteiger partial charge in [0.2, 0.25) is 0 Å². The minimum Gasteiger partial charge on any atom is -0.379 e. The lowest BCUT2D eigenvalue weighted by Crippen LogP contribution is -2.25. The van der Waals surface area contributed by atoms with Gasteiger partial charge in [0.15, 0.2) is 0 Å². The van der Waals surface area contributed by atoms with Gasteiger partial charge in [0.25, 0.3) is 0 Å². The Hall–Kier alpha value is -0.490. The SMILES string of the molecule is CC(NCCOCCN(C)C)c1nccs1. The van der Waals surface area contributed by atoms with Gasteiger partial charge in [0, 0.05) is 24.7 Å². The molecule has 0 fully saturated rings. The van der Waals surface area contributed by atoms with Crippen LogP contribution in [0.5, 0.6) is 0 Å². The third kappa shape index (κ3) is 5.55. The van der Waals surface area contributed by atoms with E-state index in [2.05, 4.69) is 22.1 Å². The minimum atomic E-state index is 0.317. The zero-order valence-electron chi connectivity index (χ0n) is 10.3. The van der Waals surface area contributed by atoms with E-state index in [0.29, 0.717) is 6.04 Å². The van der Waals surface area contributed by atoms with Gasteiger partial charge in [-0.3, -0.25) is 0 Å². The Kier molecular flexibility index (Phi) is 6.56. The first-order valence-corrected chi connectivity index (χ1v) is 6.43. The number of nitrogens with one attached hydrogen (secondary N) is 1. The molecule has 0 radical (unpaired) electrons. The summed E-state index contributed by atoms with van der Waals surface area (Å²) >= 11 is 1.68. The average molecular weight is 243 g/mol. The van der Waals surface area contributed by atoms with Gasteiger partial charge in [0.1, 0.15) is 5.01 Å². The predicted molar refractivity (Wildman–Crippen MR) is 67.9 cm³/mol. The summed E-state index contributed by atoms with van der Waals surface area (Å²) in [4.78, 5) is 6.38. The second-order valence-electron chi connectivity index (χ2n) is 3.96. The maximum Gasteiger partial charge on any atom is 0.109 e. The fourth-order valence-electron chi connectivity index (χ4n) is 1.23. The Labute approximate surface area is 102 Å². The molecule has 1 aromatic rings. The zero-order valence-corrected chi connectivity index (χ0v) is 11.1. The van der Waals surface area contributed by atoms with Crippen LogP contribution in [0, 0.1) is 0 Å². The second kappa shape index (κ2) is 7.73. The number of likely N-dealkylation sites (N-methyl/N-ethyl adjacent to an activating group) is 1. The molecule has 1 aromatic heterocycles. The lowest BCUT2D eigenvalue weighted by atomic mass is 10.3. The first-order valence-electron chi connectivity index (χ1n) is 5.55. The van der Waals surface area contributed by atoms with Crippen LogP contribution in [0.2, 0.25) is 0 Å². The first-order chi connectivity index (χ1) is 7.70. The van der Waals surface area contributed by atoms with E-state index in [9.17, 15) is 0 Å². The molecule has 5 heteroatoms. The predicted octanol–water partition coefficient (Wildman–Crippen LogP) is 1.37. The van der Waals surface area contributed by atoms with Crippen LogP contribution < -0.4 is 5.32 Å². The fourth-order valence-corrected chi connectivity index (χ4v) is 1.90. The van der Waals surface area contributed by atoms with Gasteiger partial charge < -0.3 is 15.0 Å². The van der Waals surface area contributed by atoms with Gasteiger partial charge in [-0.2, -0.15) is 0 Å². The van der Waals surface area contributed by atoms with Crippen molar-refractivity contribution in [3.63, 3.8) is 0 Å². The van der Waals surface area contributed by atoms with E-state index in [1.165, 1.54) is 0 Å². The highest BCUT2D eigenvalue weighted by Crippen LogP contribution is 2.13. The molecule has 0 aliphatic carbocycles. The smallest absolute Gasteiger partial charge is 0.109 e. The number of hydrogen-bond donors (Lipinski definition) is 1. The Morgan fingerprint density at radius 3 is 2.94 bits per heavy atom. The van der Waals surface area contributed by atoms with Crippen LogP contribution in [0.15, 0.2) is 11.6 Å². The van der Waals surface area contributed by atoms with Crippen LogP contribution in [-0.2, 0) is 4.74 Å². The molecule has 1 heterocycles. The van der Waals surface area contributed by atoms with Crippen molar-refractivity contribution in [2.45, 2.75) is 13.0 Å². The van der Waals surface area contributed by atoms with Crippen LogP contribution in [0.4, 0.5) is 0 Å². The summed E-state index contributed by atoms with van der Waals surface area (Å²) in [6.45, 7) is 5.51. The summed E-state index contributed by atoms with van der Waals surface area (Å²) in [7, 11) is 4.10. The minimum absolute atomic E-state index is 0.317. The Morgan fingerprint density at radius 2 is 2.31 bits per heavy atom. The maximum absolute atomic E-state index is 5.49. The molecule has 92 valence electrons. The molecule has 1 atom stereocenters. The molecule has 16 heavy (non-hydrogen) atoms. The molecule has 1 unspecified atom stereocenters. The standard InChI is InChI=1S/C11H21N3OS/c1-10(11-13-5-9-16-11)12-4-7-15-8-6-14(2)3/h5,9-10,12H,4,6-8H2,1-3H3. The molecule has 0 aromatic carbocycles. The van der Waals surface area contributed by atoms with Crippen molar-refractivity contribution in [1.29, 1.82) is 0 Å². The molecule has 0 spiro atoms. The summed E-state index contributed by atoms with van der Waals surface area (Å²) in [5.41, 5.74) is 0. The van der Waals surface area contributed by atoms with E-state index in [0.717, 1.165) is 31.3 Å². The van der Waals surface area contributed by atoms with Crippen molar-refractivity contribution in [2.24, 2.45) is 0 Å². The maximum atomic E-state index is 5.49. The van der Waals surface area contributed by atoms with E-state index in [1.807, 2.05) is 25.7 Å².